The van der Waals surface area contributed by atoms with E-state index < -0.39 is 28.4 Å². The third-order valence-electron chi connectivity index (χ3n) is 7.55. The summed E-state index contributed by atoms with van der Waals surface area (Å²) in [5.41, 5.74) is 1.14. The highest BCUT2D eigenvalue weighted by atomic mass is 32.2. The van der Waals surface area contributed by atoms with Crippen LogP contribution in [0, 0.1) is 6.92 Å². The molecular formula is C29H42F3N7O4S. The molecule has 2 aromatic heterocycles. The number of nitrogens with zero attached hydrogens (tertiary/aromatic N) is 5. The molecule has 244 valence electrons. The number of aryl methyl sites for hydroxylation is 1. The molecule has 1 aliphatic carbocycles. The number of anilines is 2. The first kappa shape index (κ1) is 35.2. The van der Waals surface area contributed by atoms with Crippen molar-refractivity contribution in [2.75, 3.05) is 43.1 Å². The third-order valence-corrected chi connectivity index (χ3v) is 8.81. The predicted octanol–water partition coefficient (Wildman–Crippen LogP) is 4.85. The van der Waals surface area contributed by atoms with Crippen molar-refractivity contribution in [3.05, 3.63) is 40.3 Å². The quantitative estimate of drug-likeness (QED) is 0.250. The fourth-order valence-corrected chi connectivity index (χ4v) is 6.18. The molecule has 0 atom stereocenters. The second kappa shape index (κ2) is 15.1. The Morgan fingerprint density at radius 3 is 2.48 bits per heavy atom. The summed E-state index contributed by atoms with van der Waals surface area (Å²) in [5, 5.41) is 3.22. The van der Waals surface area contributed by atoms with Crippen molar-refractivity contribution in [1.82, 2.24) is 14.5 Å². The van der Waals surface area contributed by atoms with Crippen molar-refractivity contribution in [3.63, 3.8) is 0 Å². The minimum Gasteiger partial charge on any atom is -0.383 e. The molecule has 2 N–H and O–H groups in total. The summed E-state index contributed by atoms with van der Waals surface area (Å²) in [4.78, 5) is 29.0. The number of methoxy groups -OCH3 is 1. The van der Waals surface area contributed by atoms with E-state index in [1.165, 1.54) is 18.3 Å². The zero-order valence-electron chi connectivity index (χ0n) is 25.8. The number of hydrogen-bond acceptors (Lipinski definition) is 7. The minimum atomic E-state index is -4.60. The highest BCUT2D eigenvalue weighted by Gasteiger charge is 2.30. The second-order valence-electron chi connectivity index (χ2n) is 11.2. The van der Waals surface area contributed by atoms with E-state index in [9.17, 15) is 26.4 Å². The van der Waals surface area contributed by atoms with Gasteiger partial charge in [-0.05, 0) is 84.0 Å². The van der Waals surface area contributed by atoms with Gasteiger partial charge in [-0.2, -0.15) is 13.2 Å². The summed E-state index contributed by atoms with van der Waals surface area (Å²) in [6.45, 7) is 10.8. The van der Waals surface area contributed by atoms with E-state index in [2.05, 4.69) is 34.0 Å². The number of aromatic nitrogens is 2. The number of aliphatic imine (C=N–C) groups is 2. The van der Waals surface area contributed by atoms with Crippen LogP contribution >= 0.6 is 0 Å². The van der Waals surface area contributed by atoms with Crippen LogP contribution in [0.1, 0.15) is 57.6 Å². The Hall–Kier alpha value is -3.30. The molecule has 0 spiro atoms. The number of rotatable bonds is 12. The molecule has 1 fully saturated rings. The van der Waals surface area contributed by atoms with E-state index in [4.69, 9.17) is 9.73 Å². The minimum absolute atomic E-state index is 0.0735. The Morgan fingerprint density at radius 1 is 1.25 bits per heavy atom. The molecule has 0 saturated heterocycles. The first-order valence-electron chi connectivity index (χ1n) is 14.4. The lowest BCUT2D eigenvalue weighted by atomic mass is 9.91. The Bertz CT molecular complexity index is 1470. The topological polar surface area (TPSA) is 130 Å². The van der Waals surface area contributed by atoms with Gasteiger partial charge in [-0.25, -0.2) is 23.4 Å². The maximum absolute atomic E-state index is 13.7. The van der Waals surface area contributed by atoms with Crippen LogP contribution in [0.2, 0.25) is 0 Å². The number of halogens is 3. The van der Waals surface area contributed by atoms with Gasteiger partial charge in [0, 0.05) is 43.1 Å². The molecule has 1 aliphatic rings. The van der Waals surface area contributed by atoms with Crippen molar-refractivity contribution in [3.8, 4) is 11.1 Å². The van der Waals surface area contributed by atoms with E-state index in [-0.39, 0.29) is 23.5 Å². The van der Waals surface area contributed by atoms with Gasteiger partial charge in [-0.1, -0.05) is 0 Å². The molecule has 3 rings (SSSR count). The first-order valence-corrected chi connectivity index (χ1v) is 16.1. The van der Waals surface area contributed by atoms with Crippen molar-refractivity contribution >= 4 is 34.3 Å². The van der Waals surface area contributed by atoms with Gasteiger partial charge in [0.2, 0.25) is 16.0 Å². The zero-order chi connectivity index (χ0) is 32.7. The van der Waals surface area contributed by atoms with E-state index in [0.717, 1.165) is 37.8 Å². The fourth-order valence-electron chi connectivity index (χ4n) is 5.14. The third kappa shape index (κ3) is 9.86. The number of pyridine rings is 2. The van der Waals surface area contributed by atoms with Crippen LogP contribution in [-0.4, -0.2) is 86.9 Å². The van der Waals surface area contributed by atoms with Gasteiger partial charge in [0.25, 0.3) is 5.56 Å². The van der Waals surface area contributed by atoms with E-state index in [1.54, 1.807) is 17.7 Å². The zero-order valence-corrected chi connectivity index (χ0v) is 26.6. The highest BCUT2D eigenvalue weighted by molar-refractivity contribution is 7.92. The fraction of sp³-hybridized carbons (Fsp3) is 0.586. The van der Waals surface area contributed by atoms with Crippen LogP contribution in [0.3, 0.4) is 0 Å². The standard InChI is InChI=1S/C29H42F3N7O4S/c1-19(2)39-26(36-28(33-4)35-22-8-10-23(11-9-22)38(5)14-15-43-6)20(3)17-24(27(39)40)21-7-12-25(34-18-21)37-44(41,42)16-13-29(30,31)32/h7,12,17-19,22-23H,4,8-11,13-16H2,1-3,5-6H3,(H,34,37)(H,35,36). The summed E-state index contributed by atoms with van der Waals surface area (Å²) >= 11 is 0. The van der Waals surface area contributed by atoms with E-state index >= 15 is 0 Å². The molecule has 0 amide bonds. The van der Waals surface area contributed by atoms with Crippen molar-refractivity contribution in [1.29, 1.82) is 0 Å². The molecule has 1 saturated carbocycles. The molecule has 0 aliphatic heterocycles. The Morgan fingerprint density at radius 2 is 1.93 bits per heavy atom. The molecule has 2 heterocycles. The van der Waals surface area contributed by atoms with Crippen LogP contribution in [-0.2, 0) is 14.8 Å². The van der Waals surface area contributed by atoms with Crippen LogP contribution < -0.4 is 15.6 Å². The van der Waals surface area contributed by atoms with E-state index in [0.29, 0.717) is 35.6 Å². The van der Waals surface area contributed by atoms with Gasteiger partial charge >= 0.3 is 6.18 Å². The van der Waals surface area contributed by atoms with Crippen LogP contribution in [0.4, 0.5) is 24.8 Å². The van der Waals surface area contributed by atoms with Crippen molar-refractivity contribution in [2.24, 2.45) is 9.98 Å². The number of nitrogens with one attached hydrogen (secondary N) is 2. The molecule has 0 unspecified atom stereocenters. The molecule has 2 aromatic rings. The monoisotopic (exact) mass is 641 g/mol. The van der Waals surface area contributed by atoms with E-state index in [1.807, 2.05) is 25.5 Å². The molecular weight excluding hydrogens is 599 g/mol. The smallest absolute Gasteiger partial charge is 0.383 e. The van der Waals surface area contributed by atoms with Crippen molar-refractivity contribution in [2.45, 2.75) is 77.2 Å². The highest BCUT2D eigenvalue weighted by Crippen LogP contribution is 2.27. The SMILES string of the molecule is C=NC(=NC1CCC(N(C)CCOC)CC1)Nc1c(C)cc(-c2ccc(NS(=O)(=O)CCC(F)(F)F)nc2)c(=O)n1C(C)C. The lowest BCUT2D eigenvalue weighted by Crippen LogP contribution is -2.38. The lowest BCUT2D eigenvalue weighted by molar-refractivity contribution is -0.129. The van der Waals surface area contributed by atoms with Crippen LogP contribution in [0.25, 0.3) is 11.1 Å². The van der Waals surface area contributed by atoms with Gasteiger partial charge in [-0.3, -0.25) is 14.1 Å². The summed E-state index contributed by atoms with van der Waals surface area (Å²) in [7, 11) is -0.450. The maximum Gasteiger partial charge on any atom is 0.390 e. The summed E-state index contributed by atoms with van der Waals surface area (Å²) < 4.78 is 70.2. The molecule has 0 bridgehead atoms. The molecule has 15 heteroatoms. The average Bonchev–Trinajstić information content (AvgIpc) is 2.96. The predicted molar refractivity (Wildman–Crippen MR) is 168 cm³/mol. The molecule has 0 aromatic carbocycles. The van der Waals surface area contributed by atoms with Gasteiger partial charge in [0.05, 0.1) is 24.8 Å². The second-order valence-corrected chi connectivity index (χ2v) is 13.1. The van der Waals surface area contributed by atoms with Gasteiger partial charge in [-0.15, -0.1) is 0 Å². The number of likely N-dealkylation sites (N-methyl/N-ethyl adjacent to an activating group) is 1. The number of ether oxygens (including phenoxy) is 1. The summed E-state index contributed by atoms with van der Waals surface area (Å²) in [6, 6.07) is 4.78. The van der Waals surface area contributed by atoms with Gasteiger partial charge in [0.15, 0.2) is 0 Å². The molecule has 44 heavy (non-hydrogen) atoms. The van der Waals surface area contributed by atoms with Gasteiger partial charge < -0.3 is 15.0 Å². The Balaban J connectivity index is 1.80. The number of guanidine groups is 1. The molecule has 11 nitrogen and oxygen atoms in total. The Kier molecular flexibility index (Phi) is 12.1. The Labute approximate surface area is 256 Å². The largest absolute Gasteiger partial charge is 0.390 e. The average molecular weight is 642 g/mol. The number of hydrogen-bond donors (Lipinski definition) is 2. The van der Waals surface area contributed by atoms with Gasteiger partial charge in [0.1, 0.15) is 11.6 Å². The van der Waals surface area contributed by atoms with Crippen LogP contribution in [0.5, 0.6) is 0 Å². The van der Waals surface area contributed by atoms with Crippen LogP contribution in [0.15, 0.2) is 39.2 Å². The maximum atomic E-state index is 13.7. The summed E-state index contributed by atoms with van der Waals surface area (Å²) in [6.07, 6.45) is -0.960. The normalized spacial score (nSPS) is 18.1. The number of alkyl halides is 3. The number of sulfonamides is 1. The summed E-state index contributed by atoms with van der Waals surface area (Å²) in [5.74, 6) is -0.418. The lowest BCUT2D eigenvalue weighted by Gasteiger charge is -2.33. The van der Waals surface area contributed by atoms with Crippen molar-refractivity contribution < 1.29 is 26.3 Å². The first-order chi connectivity index (χ1) is 20.6. The molecule has 0 radical (unpaired) electrons.